The van der Waals surface area contributed by atoms with E-state index in [1.807, 2.05) is 24.3 Å². The lowest BCUT2D eigenvalue weighted by molar-refractivity contribution is 0.306. The first-order valence-corrected chi connectivity index (χ1v) is 7.48. The van der Waals surface area contributed by atoms with Crippen molar-refractivity contribution in [3.8, 4) is 5.75 Å². The van der Waals surface area contributed by atoms with Crippen molar-refractivity contribution in [2.75, 3.05) is 0 Å². The summed E-state index contributed by atoms with van der Waals surface area (Å²) in [5, 5.41) is 7.29. The summed E-state index contributed by atoms with van der Waals surface area (Å²) in [5.74, 6) is 1.000. The molecule has 0 aliphatic rings. The van der Waals surface area contributed by atoms with Crippen molar-refractivity contribution in [3.63, 3.8) is 0 Å². The molecule has 0 atom stereocenters. The second-order valence-electron chi connectivity index (χ2n) is 6.58. The Morgan fingerprint density at radius 3 is 2.00 bits per heavy atom. The average Bonchev–Trinajstić information content (AvgIpc) is 2.45. The quantitative estimate of drug-likeness (QED) is 0.646. The first-order chi connectivity index (χ1) is 10.3. The molecular formula is C19H24N2O. The van der Waals surface area contributed by atoms with Crippen LogP contribution in [0.25, 0.3) is 0 Å². The lowest BCUT2D eigenvalue weighted by Crippen LogP contribution is -2.12. The van der Waals surface area contributed by atoms with Gasteiger partial charge in [-0.25, -0.2) is 0 Å². The molecule has 3 heteroatoms. The molecule has 22 heavy (non-hydrogen) atoms. The average molecular weight is 296 g/mol. The van der Waals surface area contributed by atoms with Crippen molar-refractivity contribution in [2.45, 2.75) is 39.2 Å². The Bertz CT molecular complexity index is 622. The normalized spacial score (nSPS) is 11.2. The summed E-state index contributed by atoms with van der Waals surface area (Å²) in [5.41, 5.74) is 9.06. The monoisotopic (exact) mass is 296 g/mol. The van der Waals surface area contributed by atoms with E-state index in [1.165, 1.54) is 5.56 Å². The minimum absolute atomic E-state index is 0.173. The first-order valence-electron chi connectivity index (χ1n) is 7.48. The molecule has 0 bridgehead atoms. The highest BCUT2D eigenvalue weighted by Gasteiger charge is 2.12. The molecule has 0 aliphatic carbocycles. The Hall–Kier alpha value is -2.29. The Morgan fingerprint density at radius 1 is 0.955 bits per heavy atom. The highest BCUT2D eigenvalue weighted by Crippen LogP contribution is 2.22. The molecule has 2 aromatic carbocycles. The minimum atomic E-state index is 0.173. The fourth-order valence-corrected chi connectivity index (χ4v) is 2.19. The summed E-state index contributed by atoms with van der Waals surface area (Å²) >= 11 is 0. The summed E-state index contributed by atoms with van der Waals surface area (Å²) in [6.07, 6.45) is 0.481. The van der Waals surface area contributed by atoms with Crippen LogP contribution in [0.5, 0.6) is 5.75 Å². The first kappa shape index (κ1) is 16.1. The van der Waals surface area contributed by atoms with Crippen molar-refractivity contribution >= 4 is 5.84 Å². The fourth-order valence-electron chi connectivity index (χ4n) is 2.19. The van der Waals surface area contributed by atoms with Gasteiger partial charge in [0.1, 0.15) is 12.4 Å². The van der Waals surface area contributed by atoms with Crippen molar-refractivity contribution in [1.29, 1.82) is 5.41 Å². The van der Waals surface area contributed by atoms with E-state index in [2.05, 4.69) is 45.0 Å². The third kappa shape index (κ3) is 4.62. The van der Waals surface area contributed by atoms with Crippen LogP contribution in [0.3, 0.4) is 0 Å². The summed E-state index contributed by atoms with van der Waals surface area (Å²) in [7, 11) is 0. The van der Waals surface area contributed by atoms with Crippen LogP contribution in [0, 0.1) is 5.41 Å². The number of nitrogens with one attached hydrogen (secondary N) is 1. The molecule has 0 aliphatic heterocycles. The highest BCUT2D eigenvalue weighted by atomic mass is 16.5. The lowest BCUT2D eigenvalue weighted by Gasteiger charge is -2.19. The van der Waals surface area contributed by atoms with Gasteiger partial charge in [0.2, 0.25) is 0 Å². The second-order valence-corrected chi connectivity index (χ2v) is 6.58. The van der Waals surface area contributed by atoms with Gasteiger partial charge in [0, 0.05) is 6.42 Å². The summed E-state index contributed by atoms with van der Waals surface area (Å²) < 4.78 is 5.79. The number of nitrogens with two attached hydrogens (primary N) is 1. The molecule has 116 valence electrons. The molecule has 0 aromatic heterocycles. The molecule has 0 fully saturated rings. The number of hydrogen-bond donors (Lipinski definition) is 2. The van der Waals surface area contributed by atoms with Crippen LogP contribution in [-0.2, 0) is 18.4 Å². The molecule has 0 saturated heterocycles. The summed E-state index contributed by atoms with van der Waals surface area (Å²) in [6, 6.07) is 16.3. The molecule has 2 rings (SSSR count). The number of rotatable bonds is 5. The Labute approximate surface area is 132 Å². The zero-order chi connectivity index (χ0) is 16.2. The Kier molecular flexibility index (Phi) is 4.86. The smallest absolute Gasteiger partial charge is 0.119 e. The van der Waals surface area contributed by atoms with Crippen molar-refractivity contribution in [2.24, 2.45) is 5.73 Å². The molecule has 0 heterocycles. The predicted molar refractivity (Wildman–Crippen MR) is 91.5 cm³/mol. The van der Waals surface area contributed by atoms with Gasteiger partial charge < -0.3 is 10.5 Å². The maximum absolute atomic E-state index is 7.29. The van der Waals surface area contributed by atoms with E-state index in [1.54, 1.807) is 0 Å². The van der Waals surface area contributed by atoms with Gasteiger partial charge >= 0.3 is 0 Å². The van der Waals surface area contributed by atoms with Gasteiger partial charge in [-0.05, 0) is 34.2 Å². The Morgan fingerprint density at radius 2 is 1.50 bits per heavy atom. The van der Waals surface area contributed by atoms with Crippen LogP contribution in [0.2, 0.25) is 0 Å². The van der Waals surface area contributed by atoms with E-state index in [0.29, 0.717) is 13.0 Å². The third-order valence-electron chi connectivity index (χ3n) is 3.54. The van der Waals surface area contributed by atoms with Gasteiger partial charge in [-0.1, -0.05) is 57.2 Å². The number of amidine groups is 1. The van der Waals surface area contributed by atoms with Crippen molar-refractivity contribution in [1.82, 2.24) is 0 Å². The maximum atomic E-state index is 7.29. The van der Waals surface area contributed by atoms with Gasteiger partial charge in [-0.3, -0.25) is 5.41 Å². The lowest BCUT2D eigenvalue weighted by atomic mass is 9.87. The standard InChI is InChI=1S/C19H24N2O/c1-19(2,3)16-8-4-15(5-9-16)13-22-17-10-6-14(7-11-17)12-18(20)21/h4-11H,12-13H2,1-3H3,(H3,20,21). The molecule has 0 unspecified atom stereocenters. The van der Waals surface area contributed by atoms with Gasteiger partial charge in [0.25, 0.3) is 0 Å². The molecule has 0 saturated carbocycles. The molecule has 3 N–H and O–H groups in total. The van der Waals surface area contributed by atoms with Gasteiger partial charge in [0.15, 0.2) is 0 Å². The SMILES string of the molecule is CC(C)(C)c1ccc(COc2ccc(CC(=N)N)cc2)cc1. The summed E-state index contributed by atoms with van der Waals surface area (Å²) in [6.45, 7) is 7.18. The van der Waals surface area contributed by atoms with Crippen LogP contribution < -0.4 is 10.5 Å². The van der Waals surface area contributed by atoms with Crippen LogP contribution in [-0.4, -0.2) is 5.84 Å². The minimum Gasteiger partial charge on any atom is -0.489 e. The molecular weight excluding hydrogens is 272 g/mol. The van der Waals surface area contributed by atoms with E-state index in [9.17, 15) is 0 Å². The molecule has 3 nitrogen and oxygen atoms in total. The highest BCUT2D eigenvalue weighted by molar-refractivity contribution is 5.79. The van der Waals surface area contributed by atoms with Gasteiger partial charge in [-0.2, -0.15) is 0 Å². The van der Waals surface area contributed by atoms with Crippen LogP contribution >= 0.6 is 0 Å². The fraction of sp³-hybridized carbons (Fsp3) is 0.316. The number of ether oxygens (including phenoxy) is 1. The molecule has 2 aromatic rings. The largest absolute Gasteiger partial charge is 0.489 e. The van der Waals surface area contributed by atoms with Crippen LogP contribution in [0.1, 0.15) is 37.5 Å². The van der Waals surface area contributed by atoms with Crippen molar-refractivity contribution < 1.29 is 4.74 Å². The van der Waals surface area contributed by atoms with E-state index in [0.717, 1.165) is 16.9 Å². The van der Waals surface area contributed by atoms with Crippen LogP contribution in [0.15, 0.2) is 48.5 Å². The van der Waals surface area contributed by atoms with E-state index in [-0.39, 0.29) is 11.3 Å². The van der Waals surface area contributed by atoms with E-state index >= 15 is 0 Å². The van der Waals surface area contributed by atoms with Crippen LogP contribution in [0.4, 0.5) is 0 Å². The van der Waals surface area contributed by atoms with E-state index in [4.69, 9.17) is 15.9 Å². The van der Waals surface area contributed by atoms with Gasteiger partial charge in [0.05, 0.1) is 5.84 Å². The predicted octanol–water partition coefficient (Wildman–Crippen LogP) is 4.04. The van der Waals surface area contributed by atoms with Gasteiger partial charge in [-0.15, -0.1) is 0 Å². The Balaban J connectivity index is 1.94. The van der Waals surface area contributed by atoms with E-state index < -0.39 is 0 Å². The third-order valence-corrected chi connectivity index (χ3v) is 3.54. The molecule has 0 radical (unpaired) electrons. The second kappa shape index (κ2) is 6.65. The zero-order valence-electron chi connectivity index (χ0n) is 13.5. The maximum Gasteiger partial charge on any atom is 0.119 e. The van der Waals surface area contributed by atoms with Crippen molar-refractivity contribution in [3.05, 3.63) is 65.2 Å². The number of hydrogen-bond acceptors (Lipinski definition) is 2. The molecule has 0 spiro atoms. The summed E-state index contributed by atoms with van der Waals surface area (Å²) in [4.78, 5) is 0. The topological polar surface area (TPSA) is 59.1 Å². The molecule has 0 amide bonds. The number of benzene rings is 2. The zero-order valence-corrected chi connectivity index (χ0v) is 13.5.